The van der Waals surface area contributed by atoms with E-state index >= 15 is 0 Å². The van der Waals surface area contributed by atoms with E-state index in [9.17, 15) is 10.5 Å². The summed E-state index contributed by atoms with van der Waals surface area (Å²) in [5.41, 5.74) is 10.9. The third-order valence-electron chi connectivity index (χ3n) is 6.23. The zero-order valence-electron chi connectivity index (χ0n) is 19.8. The molecule has 6 aromatic rings. The number of rotatable bonds is 4. The fourth-order valence-corrected chi connectivity index (χ4v) is 4.62. The van der Waals surface area contributed by atoms with Crippen LogP contribution in [-0.4, -0.2) is 19.2 Å². The Morgan fingerprint density at radius 2 is 1.46 bits per heavy atom. The molecule has 6 rings (SSSR count). The molecule has 2 N–H and O–H groups in total. The molecule has 0 atom stereocenters. The third-order valence-corrected chi connectivity index (χ3v) is 6.23. The molecule has 0 unspecified atom stereocenters. The van der Waals surface area contributed by atoms with Crippen molar-refractivity contribution in [2.75, 3.05) is 5.73 Å². The van der Waals surface area contributed by atoms with Crippen LogP contribution >= 0.6 is 0 Å². The van der Waals surface area contributed by atoms with Gasteiger partial charge in [-0.2, -0.15) is 20.3 Å². The van der Waals surface area contributed by atoms with Gasteiger partial charge in [0.1, 0.15) is 34.8 Å². The molecule has 0 saturated heterocycles. The molecule has 0 radical (unpaired) electrons. The predicted molar refractivity (Wildman–Crippen MR) is 140 cm³/mol. The number of nitrogens with two attached hydrogens (primary N) is 1. The number of nitriles is 2. The zero-order chi connectivity index (χ0) is 25.5. The lowest BCUT2D eigenvalue weighted by Gasteiger charge is -2.15. The normalized spacial score (nSPS) is 10.9. The molecule has 8 nitrogen and oxygen atoms in total. The van der Waals surface area contributed by atoms with Crippen molar-refractivity contribution >= 4 is 22.5 Å². The first kappa shape index (κ1) is 21.9. The maximum atomic E-state index is 10.4. The molecule has 0 aliphatic rings. The molecule has 0 fully saturated rings. The summed E-state index contributed by atoms with van der Waals surface area (Å²) in [4.78, 5) is 4.70. The maximum Gasteiger partial charge on any atom is 0.230 e. The number of para-hydroxylation sites is 4. The third kappa shape index (κ3) is 3.36. The van der Waals surface area contributed by atoms with Crippen LogP contribution in [0.25, 0.3) is 33.5 Å². The maximum absolute atomic E-state index is 10.4. The molecule has 37 heavy (non-hydrogen) atoms. The number of nitrogens with zero attached hydrogens (tertiary/aromatic N) is 6. The Morgan fingerprint density at radius 1 is 0.811 bits per heavy atom. The number of nitrogen functional groups attached to an aromatic ring is 1. The standard InChI is InChI=1S/C29H19N7O/c1-18-25(29(37-20-12-6-3-7-13-20)36(34-18)19-10-4-2-5-11-19)26-21(16-30)27(32)35-24-15-9-8-14-23(24)33-28(35)22(26)17-31/h2-15H,32H2,1H3. The molecule has 3 heterocycles. The summed E-state index contributed by atoms with van der Waals surface area (Å²) < 4.78 is 9.72. The SMILES string of the molecule is Cc1nn(-c2ccccc2)c(Oc2ccccc2)c1-c1c(C#N)c(N)n2c(nc3ccccc32)c1C#N. The van der Waals surface area contributed by atoms with E-state index in [4.69, 9.17) is 20.6 Å². The molecule has 3 aromatic heterocycles. The summed E-state index contributed by atoms with van der Waals surface area (Å²) in [6.07, 6.45) is 0. The summed E-state index contributed by atoms with van der Waals surface area (Å²) in [6.45, 7) is 1.82. The van der Waals surface area contributed by atoms with Crippen molar-refractivity contribution in [1.82, 2.24) is 19.2 Å². The van der Waals surface area contributed by atoms with Crippen LogP contribution < -0.4 is 10.5 Å². The van der Waals surface area contributed by atoms with E-state index in [-0.39, 0.29) is 16.9 Å². The predicted octanol–water partition coefficient (Wildman–Crippen LogP) is 5.77. The molecule has 0 saturated carbocycles. The zero-order valence-corrected chi connectivity index (χ0v) is 19.8. The Hall–Kier alpha value is -5.60. The van der Waals surface area contributed by atoms with Crippen molar-refractivity contribution in [3.8, 4) is 40.6 Å². The highest BCUT2D eigenvalue weighted by molar-refractivity contribution is 5.94. The van der Waals surface area contributed by atoms with E-state index in [0.717, 1.165) is 5.69 Å². The number of ether oxygens (including phenoxy) is 1. The van der Waals surface area contributed by atoms with Crippen LogP contribution in [0.3, 0.4) is 0 Å². The number of imidazole rings is 1. The first-order valence-electron chi connectivity index (χ1n) is 11.5. The van der Waals surface area contributed by atoms with Crippen molar-refractivity contribution in [3.05, 3.63) is 102 Å². The van der Waals surface area contributed by atoms with Crippen LogP contribution in [0.4, 0.5) is 5.82 Å². The van der Waals surface area contributed by atoms with E-state index < -0.39 is 0 Å². The summed E-state index contributed by atoms with van der Waals surface area (Å²) in [7, 11) is 0. The van der Waals surface area contributed by atoms with Gasteiger partial charge >= 0.3 is 0 Å². The quantitative estimate of drug-likeness (QED) is 0.342. The first-order chi connectivity index (χ1) is 18.1. The number of anilines is 1. The van der Waals surface area contributed by atoms with Crippen LogP contribution in [0.15, 0.2) is 84.9 Å². The van der Waals surface area contributed by atoms with Gasteiger partial charge in [-0.25, -0.2) is 4.98 Å². The highest BCUT2D eigenvalue weighted by Crippen LogP contribution is 2.43. The van der Waals surface area contributed by atoms with Crippen LogP contribution in [0, 0.1) is 29.6 Å². The summed E-state index contributed by atoms with van der Waals surface area (Å²) in [5.74, 6) is 1.14. The van der Waals surface area contributed by atoms with Crippen LogP contribution in [0.1, 0.15) is 16.8 Å². The molecule has 0 aliphatic heterocycles. The molecule has 0 aliphatic carbocycles. The van der Waals surface area contributed by atoms with Gasteiger partial charge in [0, 0.05) is 5.56 Å². The van der Waals surface area contributed by atoms with E-state index in [1.807, 2.05) is 91.9 Å². The summed E-state index contributed by atoms with van der Waals surface area (Å²) >= 11 is 0. The molecule has 0 spiro atoms. The van der Waals surface area contributed by atoms with Crippen LogP contribution in [0.5, 0.6) is 11.6 Å². The van der Waals surface area contributed by atoms with Crippen LogP contribution in [-0.2, 0) is 0 Å². The van der Waals surface area contributed by atoms with Gasteiger partial charge in [0.2, 0.25) is 5.88 Å². The average Bonchev–Trinajstić information content (AvgIpc) is 3.47. The van der Waals surface area contributed by atoms with Gasteiger partial charge in [0.05, 0.1) is 28.0 Å². The lowest BCUT2D eigenvalue weighted by Crippen LogP contribution is -2.06. The Bertz CT molecular complexity index is 1890. The van der Waals surface area contributed by atoms with E-state index in [1.165, 1.54) is 0 Å². The van der Waals surface area contributed by atoms with E-state index in [2.05, 4.69) is 12.1 Å². The number of aromatic nitrogens is 4. The minimum atomic E-state index is 0.154. The number of fused-ring (bicyclic) bond motifs is 3. The van der Waals surface area contributed by atoms with E-state index in [0.29, 0.717) is 45.1 Å². The first-order valence-corrected chi connectivity index (χ1v) is 11.5. The molecule has 3 aromatic carbocycles. The number of aryl methyl sites for hydroxylation is 1. The number of benzene rings is 3. The Morgan fingerprint density at radius 3 is 2.16 bits per heavy atom. The van der Waals surface area contributed by atoms with Crippen molar-refractivity contribution in [2.24, 2.45) is 0 Å². The summed E-state index contributed by atoms with van der Waals surface area (Å²) in [6, 6.07) is 30.8. The monoisotopic (exact) mass is 481 g/mol. The highest BCUT2D eigenvalue weighted by Gasteiger charge is 2.29. The second-order valence-corrected chi connectivity index (χ2v) is 8.42. The summed E-state index contributed by atoms with van der Waals surface area (Å²) in [5, 5.41) is 25.5. The van der Waals surface area contributed by atoms with Crippen LogP contribution in [0.2, 0.25) is 0 Å². The number of pyridine rings is 1. The van der Waals surface area contributed by atoms with Crippen molar-refractivity contribution in [3.63, 3.8) is 0 Å². The lowest BCUT2D eigenvalue weighted by atomic mass is 9.96. The minimum absolute atomic E-state index is 0.154. The van der Waals surface area contributed by atoms with Crippen molar-refractivity contribution in [2.45, 2.75) is 6.92 Å². The fraction of sp³-hybridized carbons (Fsp3) is 0.0345. The molecular formula is C29H19N7O. The molecular weight excluding hydrogens is 462 g/mol. The van der Waals surface area contributed by atoms with Gasteiger partial charge in [0.15, 0.2) is 5.65 Å². The average molecular weight is 482 g/mol. The van der Waals surface area contributed by atoms with Gasteiger partial charge in [-0.3, -0.25) is 4.40 Å². The molecule has 0 amide bonds. The van der Waals surface area contributed by atoms with Gasteiger partial charge in [-0.05, 0) is 43.3 Å². The van der Waals surface area contributed by atoms with Crippen molar-refractivity contribution in [1.29, 1.82) is 10.5 Å². The Balaban J connectivity index is 1.74. The second-order valence-electron chi connectivity index (χ2n) is 8.42. The van der Waals surface area contributed by atoms with Gasteiger partial charge < -0.3 is 10.5 Å². The number of hydrogen-bond donors (Lipinski definition) is 1. The van der Waals surface area contributed by atoms with Gasteiger partial charge in [-0.15, -0.1) is 0 Å². The fourth-order valence-electron chi connectivity index (χ4n) is 4.62. The lowest BCUT2D eigenvalue weighted by molar-refractivity contribution is 0.446. The van der Waals surface area contributed by atoms with Crippen molar-refractivity contribution < 1.29 is 4.74 Å². The molecule has 0 bridgehead atoms. The number of hydrogen-bond acceptors (Lipinski definition) is 6. The Labute approximate surface area is 212 Å². The second kappa shape index (κ2) is 8.56. The smallest absolute Gasteiger partial charge is 0.230 e. The van der Waals surface area contributed by atoms with Gasteiger partial charge in [0.25, 0.3) is 0 Å². The molecule has 8 heteroatoms. The minimum Gasteiger partial charge on any atom is -0.438 e. The highest BCUT2D eigenvalue weighted by atomic mass is 16.5. The molecule has 176 valence electrons. The van der Waals surface area contributed by atoms with E-state index in [1.54, 1.807) is 9.08 Å². The topological polar surface area (TPSA) is 118 Å². The van der Waals surface area contributed by atoms with Gasteiger partial charge in [-0.1, -0.05) is 48.5 Å². The Kier molecular flexibility index (Phi) is 5.07. The largest absolute Gasteiger partial charge is 0.438 e.